The van der Waals surface area contributed by atoms with E-state index in [0.29, 0.717) is 30.5 Å². The van der Waals surface area contributed by atoms with E-state index < -0.39 is 0 Å². The Kier molecular flexibility index (Phi) is 6.04. The molecule has 27 heavy (non-hydrogen) atoms. The minimum absolute atomic E-state index is 0. The first kappa shape index (κ1) is 19.3. The summed E-state index contributed by atoms with van der Waals surface area (Å²) in [5.41, 5.74) is 5.69. The van der Waals surface area contributed by atoms with E-state index in [0.717, 1.165) is 24.1 Å². The van der Waals surface area contributed by atoms with Crippen LogP contribution in [0, 0.1) is 5.92 Å². The first-order valence-electron chi connectivity index (χ1n) is 8.92. The molecule has 0 aliphatic carbocycles. The maximum atomic E-state index is 12.5. The minimum Gasteiger partial charge on any atom is -0.486 e. The van der Waals surface area contributed by atoms with Crippen LogP contribution in [-0.4, -0.2) is 30.4 Å². The summed E-state index contributed by atoms with van der Waals surface area (Å²) < 4.78 is 11.5. The summed E-state index contributed by atoms with van der Waals surface area (Å²) in [7, 11) is 0. The molecule has 1 aliphatic rings. The van der Waals surface area contributed by atoms with Gasteiger partial charge in [-0.05, 0) is 53.9 Å². The number of hydrogen-bond donors (Lipinski definition) is 1. The van der Waals surface area contributed by atoms with Crippen molar-refractivity contribution in [3.05, 3.63) is 66.1 Å². The number of halogens is 1. The van der Waals surface area contributed by atoms with Crippen molar-refractivity contribution in [2.24, 2.45) is 11.7 Å². The number of furan rings is 1. The fourth-order valence-corrected chi connectivity index (χ4v) is 3.35. The second-order valence-corrected chi connectivity index (χ2v) is 6.71. The first-order chi connectivity index (χ1) is 12.7. The van der Waals surface area contributed by atoms with Gasteiger partial charge < -0.3 is 19.8 Å². The number of carbonyl (C=O) groups excluding carboxylic acids is 1. The highest BCUT2D eigenvalue weighted by molar-refractivity contribution is 5.91. The van der Waals surface area contributed by atoms with E-state index in [-0.39, 0.29) is 24.9 Å². The standard InChI is InChI=1S/C21H22N2O3.ClH/c22-12-15-9-10-23(13-15)21(24)20-8-7-19(26-20)14-25-18-6-5-16-3-1-2-4-17(16)11-18;/h1-8,11,15H,9-10,12-14,22H2;1H. The van der Waals surface area contributed by atoms with Crippen molar-refractivity contribution in [1.82, 2.24) is 4.90 Å². The quantitative estimate of drug-likeness (QED) is 0.723. The molecule has 1 atom stereocenters. The van der Waals surface area contributed by atoms with Crippen LogP contribution < -0.4 is 10.5 Å². The van der Waals surface area contributed by atoms with Crippen LogP contribution in [0.1, 0.15) is 22.7 Å². The molecular weight excluding hydrogens is 364 g/mol. The van der Waals surface area contributed by atoms with Gasteiger partial charge in [0.1, 0.15) is 18.1 Å². The Bertz CT molecular complexity index is 924. The normalized spacial score (nSPS) is 16.3. The van der Waals surface area contributed by atoms with E-state index in [1.54, 1.807) is 12.1 Å². The first-order valence-corrected chi connectivity index (χ1v) is 8.92. The lowest BCUT2D eigenvalue weighted by atomic mass is 10.1. The number of carbonyl (C=O) groups is 1. The van der Waals surface area contributed by atoms with Gasteiger partial charge in [0, 0.05) is 13.1 Å². The number of nitrogens with zero attached hydrogens (tertiary/aromatic N) is 1. The van der Waals surface area contributed by atoms with Crippen LogP contribution in [0.2, 0.25) is 0 Å². The lowest BCUT2D eigenvalue weighted by molar-refractivity contribution is 0.0752. The molecule has 5 nitrogen and oxygen atoms in total. The van der Waals surface area contributed by atoms with E-state index in [2.05, 4.69) is 12.1 Å². The third-order valence-corrected chi connectivity index (χ3v) is 4.88. The molecular formula is C21H23ClN2O3. The molecule has 3 aromatic rings. The molecule has 1 amide bonds. The molecule has 1 aliphatic heterocycles. The summed E-state index contributed by atoms with van der Waals surface area (Å²) in [5, 5.41) is 2.30. The van der Waals surface area contributed by atoms with E-state index >= 15 is 0 Å². The van der Waals surface area contributed by atoms with Crippen LogP contribution in [-0.2, 0) is 6.61 Å². The molecule has 6 heteroatoms. The second kappa shape index (κ2) is 8.46. The zero-order chi connectivity index (χ0) is 17.9. The van der Waals surface area contributed by atoms with Crippen molar-refractivity contribution >= 4 is 29.1 Å². The smallest absolute Gasteiger partial charge is 0.289 e. The number of fused-ring (bicyclic) bond motifs is 1. The molecule has 1 saturated heterocycles. The zero-order valence-corrected chi connectivity index (χ0v) is 15.8. The third kappa shape index (κ3) is 4.26. The van der Waals surface area contributed by atoms with E-state index in [1.165, 1.54) is 5.39 Å². The van der Waals surface area contributed by atoms with Gasteiger partial charge in [-0.3, -0.25) is 4.79 Å². The predicted molar refractivity (Wildman–Crippen MR) is 107 cm³/mol. The molecule has 4 rings (SSSR count). The molecule has 1 unspecified atom stereocenters. The van der Waals surface area contributed by atoms with Crippen LogP contribution in [0.15, 0.2) is 59.0 Å². The highest BCUT2D eigenvalue weighted by atomic mass is 35.5. The Morgan fingerprint density at radius 3 is 2.74 bits per heavy atom. The number of nitrogens with two attached hydrogens (primary N) is 1. The van der Waals surface area contributed by atoms with Crippen LogP contribution in [0.4, 0.5) is 0 Å². The minimum atomic E-state index is -0.0714. The zero-order valence-electron chi connectivity index (χ0n) is 15.0. The Morgan fingerprint density at radius 1 is 1.15 bits per heavy atom. The van der Waals surface area contributed by atoms with Gasteiger partial charge >= 0.3 is 0 Å². The predicted octanol–water partition coefficient (Wildman–Crippen LogP) is 3.85. The van der Waals surface area contributed by atoms with Crippen molar-refractivity contribution < 1.29 is 13.9 Å². The fraction of sp³-hybridized carbons (Fsp3) is 0.286. The highest BCUT2D eigenvalue weighted by Gasteiger charge is 2.27. The van der Waals surface area contributed by atoms with Crippen LogP contribution in [0.5, 0.6) is 5.75 Å². The molecule has 0 spiro atoms. The lowest BCUT2D eigenvalue weighted by Gasteiger charge is -2.14. The van der Waals surface area contributed by atoms with Crippen LogP contribution in [0.3, 0.4) is 0 Å². The Balaban J connectivity index is 0.00000210. The number of ether oxygens (including phenoxy) is 1. The molecule has 1 aromatic heterocycles. The lowest BCUT2D eigenvalue weighted by Crippen LogP contribution is -2.29. The molecule has 1 fully saturated rings. The highest BCUT2D eigenvalue weighted by Crippen LogP contribution is 2.23. The van der Waals surface area contributed by atoms with Crippen molar-refractivity contribution in [3.8, 4) is 5.75 Å². The molecule has 0 bridgehead atoms. The Hall–Kier alpha value is -2.50. The molecule has 142 valence electrons. The van der Waals surface area contributed by atoms with Crippen molar-refractivity contribution in [3.63, 3.8) is 0 Å². The Morgan fingerprint density at radius 2 is 1.96 bits per heavy atom. The van der Waals surface area contributed by atoms with Gasteiger partial charge in [0.15, 0.2) is 5.76 Å². The summed E-state index contributed by atoms with van der Waals surface area (Å²) >= 11 is 0. The number of amides is 1. The molecule has 0 radical (unpaired) electrons. The summed E-state index contributed by atoms with van der Waals surface area (Å²) in [6, 6.07) is 17.6. The van der Waals surface area contributed by atoms with E-state index in [1.807, 2.05) is 35.2 Å². The third-order valence-electron chi connectivity index (χ3n) is 4.88. The number of hydrogen-bond acceptors (Lipinski definition) is 4. The van der Waals surface area contributed by atoms with E-state index in [4.69, 9.17) is 14.9 Å². The van der Waals surface area contributed by atoms with Gasteiger partial charge in [0.05, 0.1) is 0 Å². The fourth-order valence-electron chi connectivity index (χ4n) is 3.35. The van der Waals surface area contributed by atoms with Crippen molar-refractivity contribution in [2.75, 3.05) is 19.6 Å². The average Bonchev–Trinajstić information content (AvgIpc) is 3.35. The van der Waals surface area contributed by atoms with Gasteiger partial charge in [0.25, 0.3) is 5.91 Å². The maximum Gasteiger partial charge on any atom is 0.289 e. The number of benzene rings is 2. The van der Waals surface area contributed by atoms with Crippen molar-refractivity contribution in [2.45, 2.75) is 13.0 Å². The average molecular weight is 387 g/mol. The monoisotopic (exact) mass is 386 g/mol. The van der Waals surface area contributed by atoms with Crippen molar-refractivity contribution in [1.29, 1.82) is 0 Å². The van der Waals surface area contributed by atoms with Gasteiger partial charge in [-0.25, -0.2) is 0 Å². The molecule has 2 N–H and O–H groups in total. The summed E-state index contributed by atoms with van der Waals surface area (Å²) in [6.45, 7) is 2.35. The second-order valence-electron chi connectivity index (χ2n) is 6.71. The van der Waals surface area contributed by atoms with Crippen LogP contribution in [0.25, 0.3) is 10.8 Å². The van der Waals surface area contributed by atoms with Gasteiger partial charge in [0.2, 0.25) is 0 Å². The topological polar surface area (TPSA) is 68.7 Å². The summed E-state index contributed by atoms with van der Waals surface area (Å²) in [5.74, 6) is 2.09. The number of rotatable bonds is 5. The van der Waals surface area contributed by atoms with Gasteiger partial charge in [-0.2, -0.15) is 0 Å². The summed E-state index contributed by atoms with van der Waals surface area (Å²) in [6.07, 6.45) is 0.959. The summed E-state index contributed by atoms with van der Waals surface area (Å²) in [4.78, 5) is 14.3. The van der Waals surface area contributed by atoms with Crippen LogP contribution >= 0.6 is 12.4 Å². The van der Waals surface area contributed by atoms with E-state index in [9.17, 15) is 4.79 Å². The molecule has 0 saturated carbocycles. The molecule has 2 heterocycles. The van der Waals surface area contributed by atoms with Gasteiger partial charge in [-0.15, -0.1) is 12.4 Å². The molecule has 2 aromatic carbocycles. The SMILES string of the molecule is Cl.NCC1CCN(C(=O)c2ccc(COc3ccc4ccccc4c3)o2)C1. The Labute approximate surface area is 164 Å². The largest absolute Gasteiger partial charge is 0.486 e. The maximum absolute atomic E-state index is 12.5. The number of likely N-dealkylation sites (tertiary alicyclic amines) is 1. The van der Waals surface area contributed by atoms with Gasteiger partial charge in [-0.1, -0.05) is 30.3 Å².